The van der Waals surface area contributed by atoms with E-state index in [1.54, 1.807) is 0 Å². The Morgan fingerprint density at radius 2 is 1.89 bits per heavy atom. The van der Waals surface area contributed by atoms with Crippen molar-refractivity contribution in [2.45, 2.75) is 51.6 Å². The molecule has 0 amide bonds. The predicted octanol–water partition coefficient (Wildman–Crippen LogP) is 5.08. The number of piperidine rings is 1. The Bertz CT molecular complexity index is 965. The molecule has 0 N–H and O–H groups in total. The number of rotatable bonds is 3. The van der Waals surface area contributed by atoms with Crippen LogP contribution in [0.2, 0.25) is 0 Å². The van der Waals surface area contributed by atoms with Crippen LogP contribution in [0.25, 0.3) is 10.9 Å². The summed E-state index contributed by atoms with van der Waals surface area (Å²) in [4.78, 5) is 9.70. The number of fused-ring (bicyclic) bond motifs is 1. The molecule has 4 nitrogen and oxygen atoms in total. The molecule has 2 fully saturated rings. The highest BCUT2D eigenvalue weighted by atomic mass is 16.3. The summed E-state index contributed by atoms with van der Waals surface area (Å²) >= 11 is 0. The van der Waals surface area contributed by atoms with Gasteiger partial charge in [0.05, 0.1) is 12.1 Å². The molecule has 2 aromatic heterocycles. The summed E-state index contributed by atoms with van der Waals surface area (Å²) in [5.74, 6) is 2.18. The summed E-state index contributed by atoms with van der Waals surface area (Å²) in [5.41, 5.74) is 4.02. The first-order chi connectivity index (χ1) is 13.6. The topological polar surface area (TPSA) is 32.5 Å². The van der Waals surface area contributed by atoms with Gasteiger partial charge in [-0.15, -0.1) is 0 Å². The number of anilines is 1. The Morgan fingerprint density at radius 3 is 2.68 bits per heavy atom. The maximum atomic E-state index is 5.98. The minimum atomic E-state index is 0.351. The van der Waals surface area contributed by atoms with E-state index in [0.29, 0.717) is 5.54 Å². The monoisotopic (exact) mass is 375 g/mol. The lowest BCUT2D eigenvalue weighted by molar-refractivity contribution is 0.0921. The van der Waals surface area contributed by atoms with Crippen molar-refractivity contribution in [2.75, 3.05) is 24.5 Å². The SMILES string of the molecule is Cc1cc(CN2CCCC23CCN(c2ccc4ncccc4c2)CC3)oc1C. The lowest BCUT2D eigenvalue weighted by Gasteiger charge is -2.45. The van der Waals surface area contributed by atoms with E-state index >= 15 is 0 Å². The van der Waals surface area contributed by atoms with Gasteiger partial charge in [0, 0.05) is 35.9 Å². The fourth-order valence-corrected chi connectivity index (χ4v) is 5.16. The van der Waals surface area contributed by atoms with Crippen molar-refractivity contribution >= 4 is 16.6 Å². The summed E-state index contributed by atoms with van der Waals surface area (Å²) in [7, 11) is 0. The highest BCUT2D eigenvalue weighted by molar-refractivity contribution is 5.82. The van der Waals surface area contributed by atoms with Crippen molar-refractivity contribution in [1.82, 2.24) is 9.88 Å². The first-order valence-electron chi connectivity index (χ1n) is 10.5. The van der Waals surface area contributed by atoms with E-state index in [0.717, 1.165) is 36.7 Å². The molecule has 28 heavy (non-hydrogen) atoms. The van der Waals surface area contributed by atoms with Crippen LogP contribution in [-0.2, 0) is 6.54 Å². The van der Waals surface area contributed by atoms with E-state index in [9.17, 15) is 0 Å². The average molecular weight is 376 g/mol. The zero-order valence-corrected chi connectivity index (χ0v) is 16.9. The third-order valence-electron chi connectivity index (χ3n) is 6.95. The molecular formula is C24H29N3O. The van der Waals surface area contributed by atoms with E-state index in [1.807, 2.05) is 12.3 Å². The van der Waals surface area contributed by atoms with Gasteiger partial charge in [0.25, 0.3) is 0 Å². The highest BCUT2D eigenvalue weighted by Gasteiger charge is 2.43. The smallest absolute Gasteiger partial charge is 0.118 e. The molecule has 5 rings (SSSR count). The Kier molecular flexibility index (Phi) is 4.39. The Labute approximate surface area is 167 Å². The van der Waals surface area contributed by atoms with E-state index in [-0.39, 0.29) is 0 Å². The molecule has 0 atom stereocenters. The molecule has 3 aromatic rings. The predicted molar refractivity (Wildman–Crippen MR) is 114 cm³/mol. The summed E-state index contributed by atoms with van der Waals surface area (Å²) in [5, 5.41) is 1.23. The molecule has 2 aliphatic heterocycles. The van der Waals surface area contributed by atoms with Gasteiger partial charge in [-0.3, -0.25) is 9.88 Å². The van der Waals surface area contributed by atoms with Crippen molar-refractivity contribution < 1.29 is 4.42 Å². The highest BCUT2D eigenvalue weighted by Crippen LogP contribution is 2.40. The van der Waals surface area contributed by atoms with E-state index in [2.05, 4.69) is 59.0 Å². The Balaban J connectivity index is 1.30. The van der Waals surface area contributed by atoms with Crippen molar-refractivity contribution in [3.05, 3.63) is 59.7 Å². The van der Waals surface area contributed by atoms with E-state index in [1.165, 1.54) is 48.9 Å². The van der Waals surface area contributed by atoms with E-state index < -0.39 is 0 Å². The maximum absolute atomic E-state index is 5.98. The minimum Gasteiger partial charge on any atom is -0.465 e. The zero-order valence-electron chi connectivity index (χ0n) is 16.9. The fourth-order valence-electron chi connectivity index (χ4n) is 5.16. The van der Waals surface area contributed by atoms with Gasteiger partial charge in [0.2, 0.25) is 0 Å². The van der Waals surface area contributed by atoms with Crippen molar-refractivity contribution in [2.24, 2.45) is 0 Å². The van der Waals surface area contributed by atoms with Gasteiger partial charge in [-0.1, -0.05) is 6.07 Å². The molecule has 0 saturated carbocycles. The van der Waals surface area contributed by atoms with Crippen LogP contribution < -0.4 is 4.90 Å². The summed E-state index contributed by atoms with van der Waals surface area (Å²) < 4.78 is 5.98. The fraction of sp³-hybridized carbons (Fsp3) is 0.458. The number of likely N-dealkylation sites (tertiary alicyclic amines) is 1. The van der Waals surface area contributed by atoms with Crippen LogP contribution in [0.1, 0.15) is 42.8 Å². The maximum Gasteiger partial charge on any atom is 0.118 e. The second-order valence-corrected chi connectivity index (χ2v) is 8.57. The number of hydrogen-bond acceptors (Lipinski definition) is 4. The molecule has 1 aromatic carbocycles. The van der Waals surface area contributed by atoms with Crippen LogP contribution in [0.15, 0.2) is 47.0 Å². The van der Waals surface area contributed by atoms with Crippen molar-refractivity contribution in [3.8, 4) is 0 Å². The molecule has 1 spiro atoms. The van der Waals surface area contributed by atoms with Gasteiger partial charge >= 0.3 is 0 Å². The second-order valence-electron chi connectivity index (χ2n) is 8.57. The molecule has 0 bridgehead atoms. The van der Waals surface area contributed by atoms with E-state index in [4.69, 9.17) is 4.42 Å². The van der Waals surface area contributed by atoms with Crippen LogP contribution in [0.3, 0.4) is 0 Å². The van der Waals surface area contributed by atoms with Crippen LogP contribution in [-0.4, -0.2) is 35.1 Å². The van der Waals surface area contributed by atoms with Crippen LogP contribution in [0, 0.1) is 13.8 Å². The first kappa shape index (κ1) is 17.7. The number of nitrogens with zero attached hydrogens (tertiary/aromatic N) is 3. The molecule has 0 aliphatic carbocycles. The van der Waals surface area contributed by atoms with Crippen LogP contribution in [0.5, 0.6) is 0 Å². The molecule has 4 heterocycles. The van der Waals surface area contributed by atoms with Gasteiger partial charge in [0.1, 0.15) is 11.5 Å². The average Bonchev–Trinajstić information content (AvgIpc) is 3.24. The van der Waals surface area contributed by atoms with Gasteiger partial charge in [-0.2, -0.15) is 0 Å². The standard InChI is InChI=1S/C24H29N3O/c1-18-15-22(28-19(18)2)17-27-12-4-8-24(27)9-13-26(14-10-24)21-6-7-23-20(16-21)5-3-11-25-23/h3,5-7,11,15-16H,4,8-10,12-14,17H2,1-2H3. The van der Waals surface area contributed by atoms with Crippen LogP contribution in [0.4, 0.5) is 5.69 Å². The largest absolute Gasteiger partial charge is 0.465 e. The summed E-state index contributed by atoms with van der Waals surface area (Å²) in [6.45, 7) is 8.60. The second kappa shape index (κ2) is 6.93. The van der Waals surface area contributed by atoms with Crippen molar-refractivity contribution in [1.29, 1.82) is 0 Å². The van der Waals surface area contributed by atoms with Crippen molar-refractivity contribution in [3.63, 3.8) is 0 Å². The molecule has 0 radical (unpaired) electrons. The number of aromatic nitrogens is 1. The third kappa shape index (κ3) is 3.10. The number of pyridine rings is 1. The quantitative estimate of drug-likeness (QED) is 0.639. The summed E-state index contributed by atoms with van der Waals surface area (Å²) in [6.07, 6.45) is 6.96. The molecule has 2 aliphatic rings. The lowest BCUT2D eigenvalue weighted by Crippen LogP contribution is -2.51. The Hall–Kier alpha value is -2.33. The number of furan rings is 1. The molecule has 146 valence electrons. The molecule has 4 heteroatoms. The minimum absolute atomic E-state index is 0.351. The number of benzene rings is 1. The van der Waals surface area contributed by atoms with Gasteiger partial charge in [0.15, 0.2) is 0 Å². The molecule has 2 saturated heterocycles. The first-order valence-corrected chi connectivity index (χ1v) is 10.5. The molecular weight excluding hydrogens is 346 g/mol. The third-order valence-corrected chi connectivity index (χ3v) is 6.95. The van der Waals surface area contributed by atoms with Gasteiger partial charge in [-0.25, -0.2) is 0 Å². The van der Waals surface area contributed by atoms with Crippen LogP contribution >= 0.6 is 0 Å². The number of aryl methyl sites for hydroxylation is 2. The molecule has 0 unspecified atom stereocenters. The Morgan fingerprint density at radius 1 is 1.04 bits per heavy atom. The summed E-state index contributed by atoms with van der Waals surface area (Å²) in [6, 6.07) is 13.1. The lowest BCUT2D eigenvalue weighted by atomic mass is 9.84. The zero-order chi connectivity index (χ0) is 19.1. The van der Waals surface area contributed by atoms with Gasteiger partial charge < -0.3 is 9.32 Å². The number of hydrogen-bond donors (Lipinski definition) is 0. The normalized spacial score (nSPS) is 19.7. The van der Waals surface area contributed by atoms with Gasteiger partial charge in [-0.05, 0) is 82.0 Å².